The lowest BCUT2D eigenvalue weighted by Gasteiger charge is -2.32. The van der Waals surface area contributed by atoms with Crippen molar-refractivity contribution in [3.05, 3.63) is 33.8 Å². The van der Waals surface area contributed by atoms with Gasteiger partial charge in [0.05, 0.1) is 15.6 Å². The summed E-state index contributed by atoms with van der Waals surface area (Å²) in [6, 6.07) is 0. The molecule has 6 heteroatoms. The van der Waals surface area contributed by atoms with E-state index in [2.05, 4.69) is 54.4 Å². The molecule has 3 rings (SSSR count). The van der Waals surface area contributed by atoms with E-state index in [1.54, 1.807) is 12.7 Å². The molecule has 1 saturated heterocycles. The zero-order valence-corrected chi connectivity index (χ0v) is 13.0. The molecule has 1 fully saturated rings. The van der Waals surface area contributed by atoms with Gasteiger partial charge >= 0.3 is 0 Å². The summed E-state index contributed by atoms with van der Waals surface area (Å²) in [4.78, 5) is 18.4. The van der Waals surface area contributed by atoms with E-state index >= 15 is 0 Å². The molecule has 2 aromatic rings. The number of aryl methyl sites for hydroxylation is 1. The van der Waals surface area contributed by atoms with Gasteiger partial charge < -0.3 is 9.88 Å². The molecular weight excluding hydrogens is 353 g/mol. The predicted octanol–water partition coefficient (Wildman–Crippen LogP) is 2.50. The van der Waals surface area contributed by atoms with Crippen molar-refractivity contribution in [1.82, 2.24) is 19.9 Å². The first kappa shape index (κ1) is 12.8. The Bertz CT molecular complexity index is 560. The molecule has 0 amide bonds. The summed E-state index contributed by atoms with van der Waals surface area (Å²) in [6.45, 7) is 4.16. The lowest BCUT2D eigenvalue weighted by Crippen LogP contribution is -2.34. The summed E-state index contributed by atoms with van der Waals surface area (Å²) < 4.78 is 1.12. The summed E-state index contributed by atoms with van der Waals surface area (Å²) in [6.07, 6.45) is 7.55. The number of aromatic nitrogens is 4. The quantitative estimate of drug-likeness (QED) is 0.827. The molecule has 1 N–H and O–H groups in total. The van der Waals surface area contributed by atoms with Gasteiger partial charge in [-0.1, -0.05) is 0 Å². The molecule has 0 radical (unpaired) electrons. The third-order valence-electron chi connectivity index (χ3n) is 3.70. The van der Waals surface area contributed by atoms with Gasteiger partial charge in [0.15, 0.2) is 0 Å². The minimum Gasteiger partial charge on any atom is -0.356 e. The van der Waals surface area contributed by atoms with Gasteiger partial charge in [0.1, 0.15) is 12.1 Å². The fourth-order valence-electron chi connectivity index (χ4n) is 2.68. The Labute approximate surface area is 126 Å². The van der Waals surface area contributed by atoms with Crippen LogP contribution in [0.1, 0.15) is 30.1 Å². The summed E-state index contributed by atoms with van der Waals surface area (Å²) in [7, 11) is 0. The number of hydrogen-bond donors (Lipinski definition) is 1. The second kappa shape index (κ2) is 5.44. The van der Waals surface area contributed by atoms with Gasteiger partial charge in [0.2, 0.25) is 0 Å². The van der Waals surface area contributed by atoms with Crippen molar-refractivity contribution in [2.45, 2.75) is 25.7 Å². The van der Waals surface area contributed by atoms with Crippen molar-refractivity contribution in [2.24, 2.45) is 0 Å². The molecule has 100 valence electrons. The van der Waals surface area contributed by atoms with E-state index in [0.29, 0.717) is 5.92 Å². The number of hydrogen-bond acceptors (Lipinski definition) is 4. The lowest BCUT2D eigenvalue weighted by molar-refractivity contribution is 0.492. The molecule has 2 aromatic heterocycles. The van der Waals surface area contributed by atoms with E-state index in [1.165, 1.54) is 11.4 Å². The molecule has 3 heterocycles. The van der Waals surface area contributed by atoms with Crippen LogP contribution < -0.4 is 4.90 Å². The van der Waals surface area contributed by atoms with E-state index in [9.17, 15) is 0 Å². The summed E-state index contributed by atoms with van der Waals surface area (Å²) in [5.74, 6) is 1.63. The van der Waals surface area contributed by atoms with Gasteiger partial charge in [-0.2, -0.15) is 0 Å². The molecule has 0 atom stereocenters. The van der Waals surface area contributed by atoms with E-state index in [4.69, 9.17) is 0 Å². The maximum absolute atomic E-state index is 4.45. The third-order valence-corrected chi connectivity index (χ3v) is 4.46. The zero-order valence-electron chi connectivity index (χ0n) is 10.8. The van der Waals surface area contributed by atoms with Gasteiger partial charge in [-0.3, -0.25) is 0 Å². The number of piperidine rings is 1. The number of nitrogens with one attached hydrogen (secondary N) is 1. The number of imidazole rings is 1. The topological polar surface area (TPSA) is 57.7 Å². The van der Waals surface area contributed by atoms with Gasteiger partial charge in [-0.25, -0.2) is 15.0 Å². The van der Waals surface area contributed by atoms with Gasteiger partial charge in [-0.05, 0) is 42.4 Å². The number of aromatic amines is 1. The normalized spacial score (nSPS) is 16.8. The maximum atomic E-state index is 4.45. The molecule has 5 nitrogen and oxygen atoms in total. The first-order valence-electron chi connectivity index (χ1n) is 6.46. The monoisotopic (exact) mass is 369 g/mol. The average molecular weight is 369 g/mol. The van der Waals surface area contributed by atoms with Gasteiger partial charge in [0.25, 0.3) is 0 Å². The number of H-pyrrole nitrogens is 1. The lowest BCUT2D eigenvalue weighted by atomic mass is 9.92. The van der Waals surface area contributed by atoms with Crippen molar-refractivity contribution >= 4 is 28.4 Å². The number of halogens is 1. The Morgan fingerprint density at radius 3 is 2.74 bits per heavy atom. The highest BCUT2D eigenvalue weighted by Gasteiger charge is 2.24. The molecule has 1 aliphatic heterocycles. The second-order valence-corrected chi connectivity index (χ2v) is 6.03. The largest absolute Gasteiger partial charge is 0.356 e. The van der Waals surface area contributed by atoms with Crippen LogP contribution in [0.3, 0.4) is 0 Å². The maximum Gasteiger partial charge on any atom is 0.145 e. The molecule has 0 bridgehead atoms. The molecule has 0 aromatic carbocycles. The Morgan fingerprint density at radius 1 is 1.32 bits per heavy atom. The minimum atomic E-state index is 0.571. The predicted molar refractivity (Wildman–Crippen MR) is 82.3 cm³/mol. The number of rotatable bonds is 2. The highest BCUT2D eigenvalue weighted by atomic mass is 127. The molecule has 0 aliphatic carbocycles. The smallest absolute Gasteiger partial charge is 0.145 e. The summed E-state index contributed by atoms with van der Waals surface area (Å²) in [5.41, 5.74) is 2.44. The Balaban J connectivity index is 1.70. The van der Waals surface area contributed by atoms with Crippen molar-refractivity contribution in [3.8, 4) is 0 Å². The first-order chi connectivity index (χ1) is 9.25. The molecule has 0 spiro atoms. The molecular formula is C13H16IN5. The average Bonchev–Trinajstić information content (AvgIpc) is 2.86. The number of nitrogens with zero attached hydrogens (tertiary/aromatic N) is 4. The van der Waals surface area contributed by atoms with E-state index in [0.717, 1.165) is 35.3 Å². The Kier molecular flexibility index (Phi) is 3.67. The van der Waals surface area contributed by atoms with Gasteiger partial charge in [0, 0.05) is 30.9 Å². The summed E-state index contributed by atoms with van der Waals surface area (Å²) >= 11 is 2.30. The molecule has 19 heavy (non-hydrogen) atoms. The zero-order chi connectivity index (χ0) is 13.2. The number of anilines is 1. The molecule has 0 unspecified atom stereocenters. The van der Waals surface area contributed by atoms with Crippen molar-refractivity contribution in [1.29, 1.82) is 0 Å². The third kappa shape index (κ3) is 2.58. The Morgan fingerprint density at radius 2 is 2.11 bits per heavy atom. The fraction of sp³-hybridized carbons (Fsp3) is 0.462. The molecule has 0 saturated carbocycles. The van der Waals surface area contributed by atoms with Crippen LogP contribution in [-0.4, -0.2) is 33.0 Å². The summed E-state index contributed by atoms with van der Waals surface area (Å²) in [5, 5.41) is 0. The van der Waals surface area contributed by atoms with Crippen LogP contribution in [0, 0.1) is 10.5 Å². The van der Waals surface area contributed by atoms with Crippen LogP contribution in [-0.2, 0) is 0 Å². The van der Waals surface area contributed by atoms with Crippen LogP contribution in [0.25, 0.3) is 0 Å². The van der Waals surface area contributed by atoms with Crippen LogP contribution >= 0.6 is 22.6 Å². The van der Waals surface area contributed by atoms with E-state index in [1.807, 2.05) is 6.20 Å². The van der Waals surface area contributed by atoms with Crippen LogP contribution in [0.4, 0.5) is 5.82 Å². The van der Waals surface area contributed by atoms with Crippen LogP contribution in [0.5, 0.6) is 0 Å². The minimum absolute atomic E-state index is 0.571. The fourth-order valence-corrected chi connectivity index (χ4v) is 3.33. The van der Waals surface area contributed by atoms with Crippen LogP contribution in [0.15, 0.2) is 18.9 Å². The van der Waals surface area contributed by atoms with Crippen molar-refractivity contribution in [3.63, 3.8) is 0 Å². The second-order valence-electron chi connectivity index (χ2n) is 4.87. The SMILES string of the molecule is Cc1[nH]cnc1C1CCN(c2ncncc2I)CC1. The van der Waals surface area contributed by atoms with E-state index < -0.39 is 0 Å². The van der Waals surface area contributed by atoms with Crippen molar-refractivity contribution < 1.29 is 0 Å². The van der Waals surface area contributed by atoms with Crippen molar-refractivity contribution in [2.75, 3.05) is 18.0 Å². The standard InChI is InChI=1S/C13H16IN5/c1-9-12(17-8-16-9)10-2-4-19(5-3-10)13-11(14)6-15-7-18-13/h6-8,10H,2-5H2,1H3,(H,16,17). The highest BCUT2D eigenvalue weighted by molar-refractivity contribution is 14.1. The van der Waals surface area contributed by atoms with E-state index in [-0.39, 0.29) is 0 Å². The van der Waals surface area contributed by atoms with Crippen LogP contribution in [0.2, 0.25) is 0 Å². The first-order valence-corrected chi connectivity index (χ1v) is 7.54. The highest BCUT2D eigenvalue weighted by Crippen LogP contribution is 2.31. The molecule has 1 aliphatic rings. The Hall–Kier alpha value is -1.18. The van der Waals surface area contributed by atoms with Gasteiger partial charge in [-0.15, -0.1) is 0 Å².